The highest BCUT2D eigenvalue weighted by molar-refractivity contribution is 5.80. The molecule has 3 rings (SSSR count). The van der Waals surface area contributed by atoms with Crippen molar-refractivity contribution in [2.24, 2.45) is 10.9 Å². The van der Waals surface area contributed by atoms with E-state index in [4.69, 9.17) is 9.73 Å². The number of guanidine groups is 1. The Morgan fingerprint density at radius 1 is 1.19 bits per heavy atom. The molecule has 1 aromatic carbocycles. The SMILES string of the molecule is CCNC(=NCC(C1CC1)N(C)C)N1CCC(Oc2ccccc2)CC1. The number of para-hydroxylation sites is 1. The molecule has 1 saturated heterocycles. The summed E-state index contributed by atoms with van der Waals surface area (Å²) in [5.41, 5.74) is 0. The summed E-state index contributed by atoms with van der Waals surface area (Å²) in [5, 5.41) is 3.49. The molecule has 1 aliphatic carbocycles. The molecule has 0 radical (unpaired) electrons. The van der Waals surface area contributed by atoms with Crippen LogP contribution in [-0.4, -0.2) is 68.2 Å². The minimum Gasteiger partial charge on any atom is -0.490 e. The summed E-state index contributed by atoms with van der Waals surface area (Å²) in [7, 11) is 4.36. The topological polar surface area (TPSA) is 40.1 Å². The van der Waals surface area contributed by atoms with Gasteiger partial charge in [-0.3, -0.25) is 4.99 Å². The minimum atomic E-state index is 0.303. The fourth-order valence-corrected chi connectivity index (χ4v) is 3.70. The van der Waals surface area contributed by atoms with Gasteiger partial charge in [0.25, 0.3) is 0 Å². The third-order valence-corrected chi connectivity index (χ3v) is 5.38. The summed E-state index contributed by atoms with van der Waals surface area (Å²) < 4.78 is 6.12. The number of ether oxygens (including phenoxy) is 1. The van der Waals surface area contributed by atoms with Crippen LogP contribution in [0.5, 0.6) is 5.75 Å². The number of rotatable bonds is 7. The Morgan fingerprint density at radius 3 is 2.46 bits per heavy atom. The first-order chi connectivity index (χ1) is 12.7. The first kappa shape index (κ1) is 19.0. The predicted molar refractivity (Wildman–Crippen MR) is 108 cm³/mol. The number of likely N-dealkylation sites (N-methyl/N-ethyl adjacent to an activating group) is 1. The van der Waals surface area contributed by atoms with Crippen molar-refractivity contribution in [3.05, 3.63) is 30.3 Å². The van der Waals surface area contributed by atoms with Crippen molar-refractivity contribution in [1.29, 1.82) is 0 Å². The second-order valence-electron chi connectivity index (χ2n) is 7.68. The van der Waals surface area contributed by atoms with Crippen LogP contribution in [0.15, 0.2) is 35.3 Å². The normalized spacial score (nSPS) is 20.3. The molecular formula is C21H34N4O. The number of piperidine rings is 1. The van der Waals surface area contributed by atoms with Crippen LogP contribution < -0.4 is 10.1 Å². The zero-order chi connectivity index (χ0) is 18.4. The second-order valence-corrected chi connectivity index (χ2v) is 7.68. The summed E-state index contributed by atoms with van der Waals surface area (Å²) in [6, 6.07) is 10.7. The van der Waals surface area contributed by atoms with Gasteiger partial charge >= 0.3 is 0 Å². The van der Waals surface area contributed by atoms with Gasteiger partial charge in [-0.2, -0.15) is 0 Å². The summed E-state index contributed by atoms with van der Waals surface area (Å²) in [5.74, 6) is 2.88. The maximum atomic E-state index is 6.12. The molecule has 1 aromatic rings. The van der Waals surface area contributed by atoms with E-state index in [-0.39, 0.29) is 0 Å². The zero-order valence-electron chi connectivity index (χ0n) is 16.5. The number of aliphatic imine (C=N–C) groups is 1. The quantitative estimate of drug-likeness (QED) is 0.601. The number of benzene rings is 1. The Bertz CT molecular complexity index is 561. The second kappa shape index (κ2) is 9.26. The van der Waals surface area contributed by atoms with E-state index in [0.717, 1.165) is 56.6 Å². The van der Waals surface area contributed by atoms with Gasteiger partial charge < -0.3 is 19.9 Å². The number of nitrogens with one attached hydrogen (secondary N) is 1. The first-order valence-corrected chi connectivity index (χ1v) is 10.1. The number of hydrogen-bond acceptors (Lipinski definition) is 3. The average Bonchev–Trinajstić information content (AvgIpc) is 3.47. The van der Waals surface area contributed by atoms with E-state index in [9.17, 15) is 0 Å². The van der Waals surface area contributed by atoms with Gasteiger partial charge in [-0.05, 0) is 51.9 Å². The maximum absolute atomic E-state index is 6.12. The first-order valence-electron chi connectivity index (χ1n) is 10.1. The van der Waals surface area contributed by atoms with Gasteiger partial charge in [0, 0.05) is 38.5 Å². The van der Waals surface area contributed by atoms with E-state index in [1.807, 2.05) is 30.3 Å². The van der Waals surface area contributed by atoms with E-state index >= 15 is 0 Å². The number of likely N-dealkylation sites (tertiary alicyclic amines) is 1. The Balaban J connectivity index is 1.53. The molecule has 0 amide bonds. The van der Waals surface area contributed by atoms with E-state index in [0.29, 0.717) is 12.1 Å². The zero-order valence-corrected chi connectivity index (χ0v) is 16.5. The van der Waals surface area contributed by atoms with Crippen molar-refractivity contribution in [3.8, 4) is 5.75 Å². The fraction of sp³-hybridized carbons (Fsp3) is 0.667. The van der Waals surface area contributed by atoms with Gasteiger partial charge in [0.1, 0.15) is 11.9 Å². The third-order valence-electron chi connectivity index (χ3n) is 5.38. The Morgan fingerprint density at radius 2 is 1.88 bits per heavy atom. The van der Waals surface area contributed by atoms with Crippen LogP contribution in [0.2, 0.25) is 0 Å². The summed E-state index contributed by atoms with van der Waals surface area (Å²) in [4.78, 5) is 9.71. The highest BCUT2D eigenvalue weighted by Gasteiger charge is 2.32. The molecule has 0 spiro atoms. The molecule has 0 bridgehead atoms. The molecule has 5 heteroatoms. The van der Waals surface area contributed by atoms with Crippen LogP contribution in [-0.2, 0) is 0 Å². The van der Waals surface area contributed by atoms with Gasteiger partial charge in [-0.15, -0.1) is 0 Å². The summed E-state index contributed by atoms with van der Waals surface area (Å²) >= 11 is 0. The van der Waals surface area contributed by atoms with E-state index in [2.05, 4.69) is 36.1 Å². The molecule has 1 heterocycles. The van der Waals surface area contributed by atoms with Gasteiger partial charge in [0.05, 0.1) is 6.54 Å². The molecule has 144 valence electrons. The van der Waals surface area contributed by atoms with Crippen LogP contribution in [0, 0.1) is 5.92 Å². The Kier molecular flexibility index (Phi) is 6.78. The molecule has 1 N–H and O–H groups in total. The van der Waals surface area contributed by atoms with Crippen molar-refractivity contribution >= 4 is 5.96 Å². The molecule has 1 atom stereocenters. The molecule has 2 fully saturated rings. The summed E-state index contributed by atoms with van der Waals surface area (Å²) in [6.45, 7) is 5.94. The average molecular weight is 359 g/mol. The molecule has 1 saturated carbocycles. The molecular weight excluding hydrogens is 324 g/mol. The van der Waals surface area contributed by atoms with Crippen molar-refractivity contribution in [1.82, 2.24) is 15.1 Å². The number of hydrogen-bond donors (Lipinski definition) is 1. The lowest BCUT2D eigenvalue weighted by Crippen LogP contribution is -2.48. The molecule has 2 aliphatic rings. The van der Waals surface area contributed by atoms with E-state index in [1.165, 1.54) is 12.8 Å². The monoisotopic (exact) mass is 358 g/mol. The lowest BCUT2D eigenvalue weighted by atomic mass is 10.1. The third kappa shape index (κ3) is 5.37. The molecule has 0 aromatic heterocycles. The largest absolute Gasteiger partial charge is 0.490 e. The van der Waals surface area contributed by atoms with Gasteiger partial charge in [0.15, 0.2) is 5.96 Å². The van der Waals surface area contributed by atoms with Gasteiger partial charge in [0.2, 0.25) is 0 Å². The van der Waals surface area contributed by atoms with Crippen LogP contribution >= 0.6 is 0 Å². The van der Waals surface area contributed by atoms with Crippen LogP contribution in [0.4, 0.5) is 0 Å². The highest BCUT2D eigenvalue weighted by atomic mass is 16.5. The van der Waals surface area contributed by atoms with Gasteiger partial charge in [-0.1, -0.05) is 18.2 Å². The van der Waals surface area contributed by atoms with Crippen LogP contribution in [0.1, 0.15) is 32.6 Å². The van der Waals surface area contributed by atoms with Crippen LogP contribution in [0.3, 0.4) is 0 Å². The highest BCUT2D eigenvalue weighted by Crippen LogP contribution is 2.34. The number of nitrogens with zero attached hydrogens (tertiary/aromatic N) is 3. The maximum Gasteiger partial charge on any atom is 0.193 e. The van der Waals surface area contributed by atoms with Crippen LogP contribution in [0.25, 0.3) is 0 Å². The van der Waals surface area contributed by atoms with E-state index < -0.39 is 0 Å². The molecule has 1 aliphatic heterocycles. The van der Waals surface area contributed by atoms with Crippen molar-refractivity contribution < 1.29 is 4.74 Å². The fourth-order valence-electron chi connectivity index (χ4n) is 3.70. The Labute approximate surface area is 158 Å². The minimum absolute atomic E-state index is 0.303. The van der Waals surface area contributed by atoms with Gasteiger partial charge in [-0.25, -0.2) is 0 Å². The van der Waals surface area contributed by atoms with Crippen molar-refractivity contribution in [2.75, 3.05) is 40.3 Å². The molecule has 1 unspecified atom stereocenters. The molecule has 26 heavy (non-hydrogen) atoms. The summed E-state index contributed by atoms with van der Waals surface area (Å²) in [6.07, 6.45) is 5.10. The standard InChI is InChI=1S/C21H34N4O/c1-4-22-21(23-16-20(24(2)3)17-10-11-17)25-14-12-19(13-15-25)26-18-8-6-5-7-9-18/h5-9,17,19-20H,4,10-16H2,1-3H3,(H,22,23). The lowest BCUT2D eigenvalue weighted by Gasteiger charge is -2.34. The smallest absolute Gasteiger partial charge is 0.193 e. The Hall–Kier alpha value is -1.75. The molecule has 5 nitrogen and oxygen atoms in total. The lowest BCUT2D eigenvalue weighted by molar-refractivity contribution is 0.129. The van der Waals surface area contributed by atoms with Crippen molar-refractivity contribution in [3.63, 3.8) is 0 Å². The van der Waals surface area contributed by atoms with E-state index in [1.54, 1.807) is 0 Å². The van der Waals surface area contributed by atoms with Crippen molar-refractivity contribution in [2.45, 2.75) is 44.8 Å². The predicted octanol–water partition coefficient (Wildman–Crippen LogP) is 2.84.